The van der Waals surface area contributed by atoms with Crippen LogP contribution >= 0.6 is 11.8 Å². The van der Waals surface area contributed by atoms with Crippen LogP contribution in [0.1, 0.15) is 56.7 Å². The molecular weight excluding hydrogens is 454 g/mol. The van der Waals surface area contributed by atoms with Crippen molar-refractivity contribution in [1.82, 2.24) is 25.1 Å². The molecular formula is C28H35N5OS. The number of aromatic nitrogens is 4. The standard InChI is InChI=1S/C28H35N5OS/c1-18(2)21(5)29-25(34)8-6-7-15-35-28-30-27-26(31-32-28)23-16-20(4)11-14-24(23)33(27)17-22-12-9-19(3)10-13-22/h9-14,16,18,21H,6-8,15,17H2,1-5H3,(H,29,34). The van der Waals surface area contributed by atoms with Crippen LogP contribution in [0.25, 0.3) is 22.1 Å². The van der Waals surface area contributed by atoms with E-state index in [1.807, 2.05) is 0 Å². The first kappa shape index (κ1) is 25.2. The minimum absolute atomic E-state index is 0.131. The van der Waals surface area contributed by atoms with E-state index in [4.69, 9.17) is 4.98 Å². The third-order valence-electron chi connectivity index (χ3n) is 6.48. The first-order valence-electron chi connectivity index (χ1n) is 12.4. The van der Waals surface area contributed by atoms with Crippen molar-refractivity contribution in [3.63, 3.8) is 0 Å². The van der Waals surface area contributed by atoms with E-state index in [1.54, 1.807) is 11.8 Å². The fraction of sp³-hybridized carbons (Fsp3) is 0.429. The Labute approximate surface area is 211 Å². The summed E-state index contributed by atoms with van der Waals surface area (Å²) in [5, 5.41) is 13.8. The van der Waals surface area contributed by atoms with Gasteiger partial charge in [-0.25, -0.2) is 4.98 Å². The smallest absolute Gasteiger partial charge is 0.220 e. The number of benzene rings is 2. The van der Waals surface area contributed by atoms with E-state index in [1.165, 1.54) is 16.7 Å². The molecule has 184 valence electrons. The maximum absolute atomic E-state index is 12.1. The number of hydrogen-bond donors (Lipinski definition) is 1. The third kappa shape index (κ3) is 6.20. The van der Waals surface area contributed by atoms with Gasteiger partial charge in [0, 0.05) is 30.1 Å². The molecule has 0 aliphatic heterocycles. The zero-order chi connectivity index (χ0) is 24.9. The number of nitrogens with zero attached hydrogens (tertiary/aromatic N) is 4. The highest BCUT2D eigenvalue weighted by Gasteiger charge is 2.16. The molecule has 1 atom stereocenters. The van der Waals surface area contributed by atoms with Crippen LogP contribution < -0.4 is 5.32 Å². The number of aryl methyl sites for hydroxylation is 2. The van der Waals surface area contributed by atoms with Gasteiger partial charge >= 0.3 is 0 Å². The SMILES string of the molecule is Cc1ccc(Cn2c3ccc(C)cc3c3nnc(SCCCCC(=O)NC(C)C(C)C)nc32)cc1. The average Bonchev–Trinajstić information content (AvgIpc) is 3.12. The first-order valence-corrected chi connectivity index (χ1v) is 13.4. The Morgan fingerprint density at radius 2 is 1.74 bits per heavy atom. The van der Waals surface area contributed by atoms with Crippen molar-refractivity contribution in [3.05, 3.63) is 59.2 Å². The van der Waals surface area contributed by atoms with Gasteiger partial charge in [-0.15, -0.1) is 10.2 Å². The molecule has 2 aromatic carbocycles. The second-order valence-corrected chi connectivity index (χ2v) is 10.8. The van der Waals surface area contributed by atoms with Crippen molar-refractivity contribution >= 4 is 39.7 Å². The van der Waals surface area contributed by atoms with Crippen LogP contribution in [0.3, 0.4) is 0 Å². The quantitative estimate of drug-likeness (QED) is 0.216. The lowest BCUT2D eigenvalue weighted by atomic mass is 10.1. The van der Waals surface area contributed by atoms with E-state index in [9.17, 15) is 4.79 Å². The van der Waals surface area contributed by atoms with Gasteiger partial charge in [0.05, 0.1) is 5.52 Å². The van der Waals surface area contributed by atoms with E-state index in [-0.39, 0.29) is 11.9 Å². The molecule has 0 aliphatic carbocycles. The lowest BCUT2D eigenvalue weighted by Crippen LogP contribution is -2.35. The van der Waals surface area contributed by atoms with Crippen LogP contribution in [-0.4, -0.2) is 37.5 Å². The van der Waals surface area contributed by atoms with Gasteiger partial charge in [0.1, 0.15) is 5.52 Å². The number of fused-ring (bicyclic) bond motifs is 3. The molecule has 0 fully saturated rings. The molecule has 0 saturated carbocycles. The van der Waals surface area contributed by atoms with Crippen LogP contribution in [0, 0.1) is 19.8 Å². The Morgan fingerprint density at radius 3 is 2.49 bits per heavy atom. The normalized spacial score (nSPS) is 12.5. The number of nitrogens with one attached hydrogen (secondary N) is 1. The summed E-state index contributed by atoms with van der Waals surface area (Å²) < 4.78 is 2.24. The highest BCUT2D eigenvalue weighted by Crippen LogP contribution is 2.29. The Kier molecular flexibility index (Phi) is 8.06. The van der Waals surface area contributed by atoms with E-state index >= 15 is 0 Å². The molecule has 6 nitrogen and oxygen atoms in total. The summed E-state index contributed by atoms with van der Waals surface area (Å²) in [6.07, 6.45) is 2.34. The minimum Gasteiger partial charge on any atom is -0.353 e. The molecule has 4 rings (SSSR count). The molecule has 1 N–H and O–H groups in total. The third-order valence-corrected chi connectivity index (χ3v) is 7.41. The highest BCUT2D eigenvalue weighted by atomic mass is 32.2. The molecule has 2 aromatic heterocycles. The van der Waals surface area contributed by atoms with Crippen molar-refractivity contribution in [2.45, 2.75) is 71.6 Å². The molecule has 2 heterocycles. The number of amides is 1. The van der Waals surface area contributed by atoms with Gasteiger partial charge in [0.15, 0.2) is 5.65 Å². The largest absolute Gasteiger partial charge is 0.353 e. The van der Waals surface area contributed by atoms with Crippen molar-refractivity contribution in [2.24, 2.45) is 5.92 Å². The lowest BCUT2D eigenvalue weighted by molar-refractivity contribution is -0.122. The van der Waals surface area contributed by atoms with E-state index in [0.717, 1.165) is 47.2 Å². The number of carbonyl (C=O) groups excluding carboxylic acids is 1. The molecule has 4 aromatic rings. The molecule has 35 heavy (non-hydrogen) atoms. The summed E-state index contributed by atoms with van der Waals surface area (Å²) in [4.78, 5) is 17.0. The molecule has 0 bridgehead atoms. The summed E-state index contributed by atoms with van der Waals surface area (Å²) in [6.45, 7) is 11.2. The molecule has 0 aliphatic rings. The van der Waals surface area contributed by atoms with Crippen molar-refractivity contribution in [2.75, 3.05) is 5.75 Å². The van der Waals surface area contributed by atoms with E-state index in [0.29, 0.717) is 17.5 Å². The Bertz CT molecular complexity index is 1310. The van der Waals surface area contributed by atoms with Crippen molar-refractivity contribution in [3.8, 4) is 0 Å². The van der Waals surface area contributed by atoms with Gasteiger partial charge in [-0.05, 0) is 57.2 Å². The number of thioether (sulfide) groups is 1. The second kappa shape index (κ2) is 11.2. The van der Waals surface area contributed by atoms with Gasteiger partial charge in [-0.3, -0.25) is 4.79 Å². The van der Waals surface area contributed by atoms with Gasteiger partial charge < -0.3 is 9.88 Å². The summed E-state index contributed by atoms with van der Waals surface area (Å²) in [5.41, 5.74) is 6.51. The second-order valence-electron chi connectivity index (χ2n) is 9.76. The fourth-order valence-electron chi connectivity index (χ4n) is 4.00. The van der Waals surface area contributed by atoms with Crippen LogP contribution in [0.4, 0.5) is 0 Å². The summed E-state index contributed by atoms with van der Waals surface area (Å²) >= 11 is 1.61. The summed E-state index contributed by atoms with van der Waals surface area (Å²) in [7, 11) is 0. The van der Waals surface area contributed by atoms with Crippen LogP contribution in [-0.2, 0) is 11.3 Å². The van der Waals surface area contributed by atoms with Gasteiger partial charge in [-0.2, -0.15) is 0 Å². The lowest BCUT2D eigenvalue weighted by Gasteiger charge is -2.17. The topological polar surface area (TPSA) is 72.7 Å². The number of carbonyl (C=O) groups is 1. The van der Waals surface area contributed by atoms with Gasteiger partial charge in [0.25, 0.3) is 0 Å². The molecule has 0 spiro atoms. The molecule has 0 radical (unpaired) electrons. The number of rotatable bonds is 10. The zero-order valence-corrected chi connectivity index (χ0v) is 22.2. The van der Waals surface area contributed by atoms with Crippen molar-refractivity contribution in [1.29, 1.82) is 0 Å². The van der Waals surface area contributed by atoms with E-state index < -0.39 is 0 Å². The Balaban J connectivity index is 1.47. The molecule has 7 heteroatoms. The summed E-state index contributed by atoms with van der Waals surface area (Å²) in [5.74, 6) is 1.43. The Hall–Kier alpha value is -2.93. The highest BCUT2D eigenvalue weighted by molar-refractivity contribution is 7.99. The maximum atomic E-state index is 12.1. The maximum Gasteiger partial charge on any atom is 0.220 e. The molecule has 1 amide bonds. The predicted octanol–water partition coefficient (Wildman–Crippen LogP) is 6.07. The minimum atomic E-state index is 0.131. The van der Waals surface area contributed by atoms with Crippen LogP contribution in [0.2, 0.25) is 0 Å². The average molecular weight is 490 g/mol. The Morgan fingerprint density at radius 1 is 1.00 bits per heavy atom. The predicted molar refractivity (Wildman–Crippen MR) is 145 cm³/mol. The first-order chi connectivity index (χ1) is 16.8. The number of hydrogen-bond acceptors (Lipinski definition) is 5. The molecule has 0 saturated heterocycles. The fourth-order valence-corrected chi connectivity index (χ4v) is 4.78. The number of unbranched alkanes of at least 4 members (excludes halogenated alkanes) is 1. The van der Waals surface area contributed by atoms with Crippen LogP contribution in [0.15, 0.2) is 47.6 Å². The van der Waals surface area contributed by atoms with Crippen molar-refractivity contribution < 1.29 is 4.79 Å². The molecule has 1 unspecified atom stereocenters. The van der Waals surface area contributed by atoms with Gasteiger partial charge in [-0.1, -0.05) is 67.1 Å². The van der Waals surface area contributed by atoms with E-state index in [2.05, 4.69) is 97.2 Å². The van der Waals surface area contributed by atoms with Crippen LogP contribution in [0.5, 0.6) is 0 Å². The zero-order valence-electron chi connectivity index (χ0n) is 21.3. The summed E-state index contributed by atoms with van der Waals surface area (Å²) in [6, 6.07) is 15.3. The van der Waals surface area contributed by atoms with Gasteiger partial charge in [0.2, 0.25) is 11.1 Å². The monoisotopic (exact) mass is 489 g/mol.